The summed E-state index contributed by atoms with van der Waals surface area (Å²) in [4.78, 5) is 9.39. The average molecular weight is 414 g/mol. The molecule has 6 nitrogen and oxygen atoms in total. The van der Waals surface area contributed by atoms with Gasteiger partial charge in [-0.3, -0.25) is 0 Å². The van der Waals surface area contributed by atoms with E-state index in [4.69, 9.17) is 13.8 Å². The van der Waals surface area contributed by atoms with Gasteiger partial charge in [-0.05, 0) is 44.2 Å². The van der Waals surface area contributed by atoms with Crippen LogP contribution in [0.4, 0.5) is 0 Å². The lowest BCUT2D eigenvalue weighted by atomic mass is 10.1. The quantitative estimate of drug-likeness (QED) is 0.254. The predicted molar refractivity (Wildman–Crippen MR) is 116 cm³/mol. The first-order valence-corrected chi connectivity index (χ1v) is 10.4. The van der Waals surface area contributed by atoms with Gasteiger partial charge in [-0.25, -0.2) is 9.97 Å². The van der Waals surface area contributed by atoms with E-state index in [0.717, 1.165) is 21.5 Å². The summed E-state index contributed by atoms with van der Waals surface area (Å²) < 4.78 is 11.5. The zero-order valence-electron chi connectivity index (χ0n) is 16.4. The lowest BCUT2D eigenvalue weighted by Crippen LogP contribution is -1.96. The number of aryl methyl sites for hydroxylation is 1. The maximum absolute atomic E-state index is 5.95. The van der Waals surface area contributed by atoms with Crippen molar-refractivity contribution in [3.63, 3.8) is 0 Å². The van der Waals surface area contributed by atoms with Crippen molar-refractivity contribution in [3.8, 4) is 23.0 Å². The van der Waals surface area contributed by atoms with Crippen molar-refractivity contribution in [3.05, 3.63) is 78.4 Å². The number of hydrogen-bond donors (Lipinski definition) is 0. The monoisotopic (exact) mass is 414 g/mol. The zero-order valence-corrected chi connectivity index (χ0v) is 17.3. The minimum absolute atomic E-state index is 0.0838. The number of hydrogen-bond acceptors (Lipinski definition) is 7. The lowest BCUT2D eigenvalue weighted by molar-refractivity contribution is 0.509. The number of rotatable bonds is 5. The molecule has 0 spiro atoms. The molecule has 2 aromatic carbocycles. The molecule has 0 N–H and O–H groups in total. The molecule has 5 rings (SSSR count). The van der Waals surface area contributed by atoms with Gasteiger partial charge in [0.25, 0.3) is 0 Å². The molecule has 0 aliphatic carbocycles. The Bertz CT molecular complexity index is 1300. The van der Waals surface area contributed by atoms with Crippen LogP contribution in [0.5, 0.6) is 0 Å². The summed E-state index contributed by atoms with van der Waals surface area (Å²) in [5.41, 5.74) is 2.95. The Labute approximate surface area is 177 Å². The van der Waals surface area contributed by atoms with Crippen molar-refractivity contribution >= 4 is 22.7 Å². The molecule has 30 heavy (non-hydrogen) atoms. The van der Waals surface area contributed by atoms with Crippen molar-refractivity contribution in [2.24, 2.45) is 0 Å². The van der Waals surface area contributed by atoms with Crippen molar-refractivity contribution in [2.75, 3.05) is 0 Å². The van der Waals surface area contributed by atoms with Crippen molar-refractivity contribution in [1.82, 2.24) is 20.2 Å². The Balaban J connectivity index is 1.47. The second kappa shape index (κ2) is 7.76. The maximum atomic E-state index is 5.95. The average Bonchev–Trinajstić information content (AvgIpc) is 3.47. The van der Waals surface area contributed by atoms with Gasteiger partial charge in [-0.2, -0.15) is 0 Å². The minimum Gasteiger partial charge on any atom is -0.461 e. The Hall–Kier alpha value is -3.45. The summed E-state index contributed by atoms with van der Waals surface area (Å²) in [6.45, 7) is 4.07. The van der Waals surface area contributed by atoms with E-state index in [1.54, 1.807) is 18.0 Å². The van der Waals surface area contributed by atoms with Crippen molar-refractivity contribution < 1.29 is 8.83 Å². The molecule has 5 aromatic rings. The normalized spacial score (nSPS) is 12.3. The molecule has 0 aliphatic heterocycles. The molecule has 1 atom stereocenters. The molecular formula is C23H18N4O2S. The third kappa shape index (κ3) is 3.59. The number of aromatic nitrogens is 4. The number of fused-ring (bicyclic) bond motifs is 1. The van der Waals surface area contributed by atoms with Crippen LogP contribution in [0.15, 0.2) is 80.8 Å². The van der Waals surface area contributed by atoms with Gasteiger partial charge in [-0.15, -0.1) is 10.2 Å². The number of para-hydroxylation sites is 1. The maximum Gasteiger partial charge on any atom is 0.247 e. The summed E-state index contributed by atoms with van der Waals surface area (Å²) in [5.74, 6) is 2.26. The van der Waals surface area contributed by atoms with E-state index in [2.05, 4.69) is 15.2 Å². The highest BCUT2D eigenvalue weighted by Gasteiger charge is 2.20. The molecule has 3 heterocycles. The van der Waals surface area contributed by atoms with Gasteiger partial charge in [-0.1, -0.05) is 47.7 Å². The Kier molecular flexibility index (Phi) is 4.80. The molecule has 0 radical (unpaired) electrons. The third-order valence-corrected chi connectivity index (χ3v) is 5.77. The zero-order chi connectivity index (χ0) is 20.5. The smallest absolute Gasteiger partial charge is 0.247 e. The number of furan rings is 1. The summed E-state index contributed by atoms with van der Waals surface area (Å²) in [6, 6.07) is 19.6. The molecule has 0 saturated carbocycles. The van der Waals surface area contributed by atoms with Crippen LogP contribution in [0, 0.1) is 6.92 Å². The highest BCUT2D eigenvalue weighted by Crippen LogP contribution is 2.38. The van der Waals surface area contributed by atoms with E-state index < -0.39 is 0 Å². The minimum atomic E-state index is -0.0838. The van der Waals surface area contributed by atoms with Gasteiger partial charge < -0.3 is 8.83 Å². The van der Waals surface area contributed by atoms with Gasteiger partial charge in [0.05, 0.1) is 17.0 Å². The Morgan fingerprint density at radius 1 is 0.900 bits per heavy atom. The van der Waals surface area contributed by atoms with Crippen LogP contribution < -0.4 is 0 Å². The first kappa shape index (κ1) is 18.6. The van der Waals surface area contributed by atoms with Crippen LogP contribution in [0.1, 0.15) is 23.6 Å². The summed E-state index contributed by atoms with van der Waals surface area (Å²) in [5, 5.41) is 10.2. The number of thioether (sulfide) groups is 1. The van der Waals surface area contributed by atoms with E-state index in [0.29, 0.717) is 23.4 Å². The van der Waals surface area contributed by atoms with E-state index >= 15 is 0 Å². The standard InChI is InChI=1S/C23H18N4O2S/c1-14-9-11-16(12-10-14)22-27-26-21(29-22)15(2)30-23-17-6-3-4-7-18(17)24-20(25-23)19-8-5-13-28-19/h3-13,15H,1-2H3/t15-/m0/s1. The number of nitrogens with zero attached hydrogens (tertiary/aromatic N) is 4. The van der Waals surface area contributed by atoms with Gasteiger partial charge in [0, 0.05) is 10.9 Å². The molecule has 0 fully saturated rings. The van der Waals surface area contributed by atoms with Gasteiger partial charge >= 0.3 is 0 Å². The Morgan fingerprint density at radius 3 is 2.53 bits per heavy atom. The van der Waals surface area contributed by atoms with Crippen LogP contribution in [-0.2, 0) is 0 Å². The first-order valence-electron chi connectivity index (χ1n) is 9.55. The Morgan fingerprint density at radius 2 is 1.73 bits per heavy atom. The van der Waals surface area contributed by atoms with Crippen LogP contribution in [0.2, 0.25) is 0 Å². The fraction of sp³-hybridized carbons (Fsp3) is 0.130. The largest absolute Gasteiger partial charge is 0.461 e. The molecule has 7 heteroatoms. The topological polar surface area (TPSA) is 77.8 Å². The second-order valence-electron chi connectivity index (χ2n) is 6.92. The van der Waals surface area contributed by atoms with E-state index in [1.165, 1.54) is 5.56 Å². The van der Waals surface area contributed by atoms with E-state index in [1.807, 2.05) is 74.5 Å². The van der Waals surface area contributed by atoms with E-state index in [-0.39, 0.29) is 5.25 Å². The van der Waals surface area contributed by atoms with Gasteiger partial charge in [0.2, 0.25) is 11.8 Å². The van der Waals surface area contributed by atoms with Gasteiger partial charge in [0.1, 0.15) is 5.03 Å². The molecule has 0 unspecified atom stereocenters. The van der Waals surface area contributed by atoms with Crippen molar-refractivity contribution in [1.29, 1.82) is 0 Å². The molecule has 0 amide bonds. The molecule has 0 saturated heterocycles. The van der Waals surface area contributed by atoms with Crippen LogP contribution in [0.25, 0.3) is 33.9 Å². The summed E-state index contributed by atoms with van der Waals surface area (Å²) in [6.07, 6.45) is 1.62. The molecule has 148 valence electrons. The van der Waals surface area contributed by atoms with Crippen molar-refractivity contribution in [2.45, 2.75) is 24.1 Å². The second-order valence-corrected chi connectivity index (χ2v) is 8.25. The summed E-state index contributed by atoms with van der Waals surface area (Å²) in [7, 11) is 0. The number of benzene rings is 2. The lowest BCUT2D eigenvalue weighted by Gasteiger charge is -2.10. The fourth-order valence-corrected chi connectivity index (χ4v) is 4.05. The SMILES string of the molecule is Cc1ccc(-c2nnc([C@H](C)Sc3nc(-c4ccco4)nc4ccccc34)o2)cc1. The van der Waals surface area contributed by atoms with Crippen LogP contribution in [0.3, 0.4) is 0 Å². The first-order chi connectivity index (χ1) is 14.7. The molecule has 0 aliphatic rings. The highest BCUT2D eigenvalue weighted by molar-refractivity contribution is 7.99. The predicted octanol–water partition coefficient (Wildman–Crippen LogP) is 6.10. The summed E-state index contributed by atoms with van der Waals surface area (Å²) >= 11 is 1.56. The van der Waals surface area contributed by atoms with Crippen LogP contribution >= 0.6 is 11.8 Å². The van der Waals surface area contributed by atoms with E-state index in [9.17, 15) is 0 Å². The highest BCUT2D eigenvalue weighted by atomic mass is 32.2. The third-order valence-electron chi connectivity index (χ3n) is 4.69. The molecule has 0 bridgehead atoms. The molecular weight excluding hydrogens is 396 g/mol. The molecule has 3 aromatic heterocycles. The fourth-order valence-electron chi connectivity index (χ4n) is 3.08. The van der Waals surface area contributed by atoms with Gasteiger partial charge in [0.15, 0.2) is 11.6 Å². The van der Waals surface area contributed by atoms with Crippen LogP contribution in [-0.4, -0.2) is 20.2 Å².